The number of hydrogen-bond acceptors (Lipinski definition) is 2. The lowest BCUT2D eigenvalue weighted by atomic mass is 9.96. The van der Waals surface area contributed by atoms with E-state index in [0.717, 1.165) is 32.4 Å². The molecule has 0 spiro atoms. The molecule has 0 aromatic rings. The molecule has 1 amide bonds. The molecule has 0 aromatic carbocycles. The number of amides is 1. The second-order valence-corrected chi connectivity index (χ2v) is 4.86. The minimum absolute atomic E-state index is 0.184. The van der Waals surface area contributed by atoms with E-state index in [1.54, 1.807) is 0 Å². The molecule has 3 heteroatoms. The summed E-state index contributed by atoms with van der Waals surface area (Å²) in [5.74, 6) is 0.856. The third-order valence-electron chi connectivity index (χ3n) is 3.04. The van der Waals surface area contributed by atoms with Crippen LogP contribution < -0.4 is 5.73 Å². The SMILES string of the molecule is CCCCCC(=O)N1CC(C)CC(N)C1. The van der Waals surface area contributed by atoms with Gasteiger partial charge in [0.05, 0.1) is 0 Å². The predicted octanol–water partition coefficient (Wildman–Crippen LogP) is 1.76. The van der Waals surface area contributed by atoms with Crippen LogP contribution in [0.2, 0.25) is 0 Å². The smallest absolute Gasteiger partial charge is 0.222 e. The maximum Gasteiger partial charge on any atom is 0.222 e. The number of nitrogens with two attached hydrogens (primary N) is 1. The van der Waals surface area contributed by atoms with Crippen LogP contribution in [0, 0.1) is 5.92 Å². The first-order valence-corrected chi connectivity index (χ1v) is 6.16. The standard InChI is InChI=1S/C12H24N2O/c1-3-4-5-6-12(15)14-8-10(2)7-11(13)9-14/h10-11H,3-9,13H2,1-2H3. The number of nitrogens with zero attached hydrogens (tertiary/aromatic N) is 1. The molecule has 1 aliphatic heterocycles. The fourth-order valence-corrected chi connectivity index (χ4v) is 2.29. The summed E-state index contributed by atoms with van der Waals surface area (Å²) in [6, 6.07) is 0.184. The Labute approximate surface area is 93.0 Å². The van der Waals surface area contributed by atoms with Crippen LogP contribution in [-0.4, -0.2) is 29.9 Å². The highest BCUT2D eigenvalue weighted by Crippen LogP contribution is 2.16. The van der Waals surface area contributed by atoms with Crippen molar-refractivity contribution in [1.29, 1.82) is 0 Å². The van der Waals surface area contributed by atoms with Crippen molar-refractivity contribution in [3.05, 3.63) is 0 Å². The molecule has 1 heterocycles. The van der Waals surface area contributed by atoms with Gasteiger partial charge in [-0.15, -0.1) is 0 Å². The first-order chi connectivity index (χ1) is 7.13. The fraction of sp³-hybridized carbons (Fsp3) is 0.917. The molecular formula is C12H24N2O. The van der Waals surface area contributed by atoms with Gasteiger partial charge in [-0.1, -0.05) is 26.7 Å². The van der Waals surface area contributed by atoms with E-state index in [9.17, 15) is 4.79 Å². The molecule has 1 aliphatic rings. The Kier molecular flexibility index (Phi) is 5.09. The quantitative estimate of drug-likeness (QED) is 0.722. The molecule has 0 bridgehead atoms. The topological polar surface area (TPSA) is 46.3 Å². The lowest BCUT2D eigenvalue weighted by Crippen LogP contribution is -2.48. The number of unbranched alkanes of at least 4 members (excludes halogenated alkanes) is 2. The molecule has 1 fully saturated rings. The molecule has 1 saturated heterocycles. The van der Waals surface area contributed by atoms with Gasteiger partial charge in [-0.3, -0.25) is 4.79 Å². The largest absolute Gasteiger partial charge is 0.341 e. The van der Waals surface area contributed by atoms with Gasteiger partial charge >= 0.3 is 0 Å². The van der Waals surface area contributed by atoms with Crippen LogP contribution in [0.25, 0.3) is 0 Å². The maximum atomic E-state index is 11.8. The highest BCUT2D eigenvalue weighted by Gasteiger charge is 2.24. The number of rotatable bonds is 4. The average molecular weight is 212 g/mol. The summed E-state index contributed by atoms with van der Waals surface area (Å²) in [6.07, 6.45) is 5.10. The van der Waals surface area contributed by atoms with E-state index in [0.29, 0.717) is 18.2 Å². The first kappa shape index (κ1) is 12.5. The van der Waals surface area contributed by atoms with Crippen LogP contribution in [-0.2, 0) is 4.79 Å². The molecule has 2 unspecified atom stereocenters. The molecule has 3 nitrogen and oxygen atoms in total. The summed E-state index contributed by atoms with van der Waals surface area (Å²) in [5.41, 5.74) is 5.91. The monoisotopic (exact) mass is 212 g/mol. The summed E-state index contributed by atoms with van der Waals surface area (Å²) in [4.78, 5) is 13.8. The third kappa shape index (κ3) is 4.20. The lowest BCUT2D eigenvalue weighted by Gasteiger charge is -2.34. The zero-order valence-corrected chi connectivity index (χ0v) is 10.0. The van der Waals surface area contributed by atoms with Gasteiger partial charge in [0.15, 0.2) is 0 Å². The molecule has 0 radical (unpaired) electrons. The highest BCUT2D eigenvalue weighted by atomic mass is 16.2. The average Bonchev–Trinajstić information content (AvgIpc) is 2.16. The van der Waals surface area contributed by atoms with Crippen molar-refractivity contribution in [2.45, 2.75) is 52.0 Å². The number of carbonyl (C=O) groups is 1. The van der Waals surface area contributed by atoms with Crippen molar-refractivity contribution in [3.8, 4) is 0 Å². The van der Waals surface area contributed by atoms with Gasteiger partial charge in [0.25, 0.3) is 0 Å². The van der Waals surface area contributed by atoms with Crippen molar-refractivity contribution in [1.82, 2.24) is 4.90 Å². The van der Waals surface area contributed by atoms with Gasteiger partial charge in [0.2, 0.25) is 5.91 Å². The summed E-state index contributed by atoms with van der Waals surface area (Å²) in [6.45, 7) is 5.99. The van der Waals surface area contributed by atoms with E-state index in [4.69, 9.17) is 5.73 Å². The van der Waals surface area contributed by atoms with E-state index in [2.05, 4.69) is 13.8 Å². The van der Waals surface area contributed by atoms with Crippen LogP contribution in [0.5, 0.6) is 0 Å². The first-order valence-electron chi connectivity index (χ1n) is 6.16. The van der Waals surface area contributed by atoms with Crippen LogP contribution in [0.15, 0.2) is 0 Å². The number of carbonyl (C=O) groups excluding carboxylic acids is 1. The van der Waals surface area contributed by atoms with Gasteiger partial charge in [0.1, 0.15) is 0 Å². The molecule has 2 atom stereocenters. The van der Waals surface area contributed by atoms with Crippen LogP contribution >= 0.6 is 0 Å². The molecule has 2 N–H and O–H groups in total. The van der Waals surface area contributed by atoms with Gasteiger partial charge < -0.3 is 10.6 Å². The van der Waals surface area contributed by atoms with Gasteiger partial charge in [-0.25, -0.2) is 0 Å². The Morgan fingerprint density at radius 2 is 2.13 bits per heavy atom. The minimum atomic E-state index is 0.184. The second-order valence-electron chi connectivity index (χ2n) is 4.86. The Balaban J connectivity index is 2.31. The summed E-state index contributed by atoms with van der Waals surface area (Å²) < 4.78 is 0. The zero-order chi connectivity index (χ0) is 11.3. The minimum Gasteiger partial charge on any atom is -0.341 e. The van der Waals surface area contributed by atoms with E-state index in [1.807, 2.05) is 4.90 Å². The third-order valence-corrected chi connectivity index (χ3v) is 3.04. The molecule has 1 rings (SSSR count). The predicted molar refractivity (Wildman–Crippen MR) is 62.5 cm³/mol. The van der Waals surface area contributed by atoms with Crippen molar-refractivity contribution < 1.29 is 4.79 Å². The molecule has 0 aliphatic carbocycles. The second kappa shape index (κ2) is 6.11. The number of hydrogen-bond donors (Lipinski definition) is 1. The maximum absolute atomic E-state index is 11.8. The van der Waals surface area contributed by atoms with Crippen molar-refractivity contribution in [2.75, 3.05) is 13.1 Å². The molecular weight excluding hydrogens is 188 g/mol. The summed E-state index contributed by atoms with van der Waals surface area (Å²) >= 11 is 0. The molecule has 88 valence electrons. The van der Waals surface area contributed by atoms with E-state index >= 15 is 0 Å². The molecule has 15 heavy (non-hydrogen) atoms. The molecule has 0 aromatic heterocycles. The van der Waals surface area contributed by atoms with Gasteiger partial charge in [-0.2, -0.15) is 0 Å². The number of likely N-dealkylation sites (tertiary alicyclic amines) is 1. The van der Waals surface area contributed by atoms with Crippen LogP contribution in [0.1, 0.15) is 46.0 Å². The lowest BCUT2D eigenvalue weighted by molar-refractivity contribution is -0.133. The number of piperidine rings is 1. The Morgan fingerprint density at radius 1 is 1.40 bits per heavy atom. The summed E-state index contributed by atoms with van der Waals surface area (Å²) in [5, 5.41) is 0. The van der Waals surface area contributed by atoms with E-state index in [1.165, 1.54) is 6.42 Å². The Morgan fingerprint density at radius 3 is 2.73 bits per heavy atom. The summed E-state index contributed by atoms with van der Waals surface area (Å²) in [7, 11) is 0. The van der Waals surface area contributed by atoms with Gasteiger partial charge in [0, 0.05) is 25.6 Å². The zero-order valence-electron chi connectivity index (χ0n) is 10.0. The normalized spacial score (nSPS) is 26.7. The van der Waals surface area contributed by atoms with Crippen molar-refractivity contribution in [3.63, 3.8) is 0 Å². The van der Waals surface area contributed by atoms with Crippen LogP contribution in [0.4, 0.5) is 0 Å². The highest BCUT2D eigenvalue weighted by molar-refractivity contribution is 5.76. The fourth-order valence-electron chi connectivity index (χ4n) is 2.29. The van der Waals surface area contributed by atoms with Crippen LogP contribution in [0.3, 0.4) is 0 Å². The Hall–Kier alpha value is -0.570. The molecule has 0 saturated carbocycles. The van der Waals surface area contributed by atoms with E-state index < -0.39 is 0 Å². The van der Waals surface area contributed by atoms with Crippen molar-refractivity contribution >= 4 is 5.91 Å². The van der Waals surface area contributed by atoms with Gasteiger partial charge in [-0.05, 0) is 18.8 Å². The van der Waals surface area contributed by atoms with E-state index in [-0.39, 0.29) is 6.04 Å². The Bertz CT molecular complexity index is 196. The van der Waals surface area contributed by atoms with Crippen molar-refractivity contribution in [2.24, 2.45) is 11.7 Å².